The molecule has 1 fully saturated rings. The van der Waals surface area contributed by atoms with Gasteiger partial charge in [-0.2, -0.15) is 5.26 Å². The van der Waals surface area contributed by atoms with Gasteiger partial charge in [-0.1, -0.05) is 18.2 Å². The number of carbonyl (C=O) groups is 1. The van der Waals surface area contributed by atoms with E-state index in [1.165, 1.54) is 14.2 Å². The molecule has 0 spiro atoms. The third kappa shape index (κ3) is 2.79. The molecule has 0 atom stereocenters. The first-order valence-electron chi connectivity index (χ1n) is 7.67. The lowest BCUT2D eigenvalue weighted by atomic mass is 9.97. The lowest BCUT2D eigenvalue weighted by Crippen LogP contribution is -2.14. The van der Waals surface area contributed by atoms with Gasteiger partial charge in [0.1, 0.15) is 17.1 Å². The summed E-state index contributed by atoms with van der Waals surface area (Å²) in [6.45, 7) is 0. The van der Waals surface area contributed by atoms with Crippen LogP contribution >= 0.6 is 0 Å². The Kier molecular flexibility index (Phi) is 4.13. The number of nitrogens with one attached hydrogen (secondary N) is 1. The van der Waals surface area contributed by atoms with E-state index in [2.05, 4.69) is 11.4 Å². The Morgan fingerprint density at radius 2 is 1.67 bits per heavy atom. The maximum atomic E-state index is 12.6. The monoisotopic (exact) mass is 322 g/mol. The molecule has 122 valence electrons. The van der Waals surface area contributed by atoms with Crippen LogP contribution < -0.4 is 14.8 Å². The second kappa shape index (κ2) is 6.25. The molecule has 0 saturated heterocycles. The van der Waals surface area contributed by atoms with Crippen molar-refractivity contribution in [3.63, 3.8) is 0 Å². The summed E-state index contributed by atoms with van der Waals surface area (Å²) in [5.41, 5.74) is 1.68. The van der Waals surface area contributed by atoms with Crippen LogP contribution in [0.25, 0.3) is 0 Å². The number of benzene rings is 2. The molecule has 1 saturated carbocycles. The van der Waals surface area contributed by atoms with Gasteiger partial charge >= 0.3 is 0 Å². The molecule has 0 aliphatic heterocycles. The van der Waals surface area contributed by atoms with E-state index >= 15 is 0 Å². The highest BCUT2D eigenvalue weighted by atomic mass is 16.5. The molecule has 0 heterocycles. The van der Waals surface area contributed by atoms with E-state index in [9.17, 15) is 10.1 Å². The van der Waals surface area contributed by atoms with E-state index < -0.39 is 0 Å². The quantitative estimate of drug-likeness (QED) is 0.914. The summed E-state index contributed by atoms with van der Waals surface area (Å²) in [6, 6.07) is 15.0. The van der Waals surface area contributed by atoms with E-state index in [1.54, 1.807) is 18.2 Å². The van der Waals surface area contributed by atoms with Gasteiger partial charge in [0.25, 0.3) is 5.91 Å². The van der Waals surface area contributed by atoms with Crippen molar-refractivity contribution in [2.45, 2.75) is 18.3 Å². The Morgan fingerprint density at radius 3 is 2.12 bits per heavy atom. The highest BCUT2D eigenvalue weighted by Crippen LogP contribution is 2.47. The molecule has 2 aromatic rings. The minimum absolute atomic E-state index is 0.307. The Labute approximate surface area is 140 Å². The SMILES string of the molecule is COc1cccc(OC)c1C(=O)Nc1ccc(C2(C#N)CC2)cc1. The number of hydrogen-bond acceptors (Lipinski definition) is 4. The van der Waals surface area contributed by atoms with Gasteiger partial charge in [0, 0.05) is 5.69 Å². The zero-order valence-corrected chi connectivity index (χ0v) is 13.6. The van der Waals surface area contributed by atoms with Gasteiger partial charge in [0.15, 0.2) is 0 Å². The Morgan fingerprint density at radius 1 is 1.08 bits per heavy atom. The third-order valence-electron chi connectivity index (χ3n) is 4.31. The number of methoxy groups -OCH3 is 2. The summed E-state index contributed by atoms with van der Waals surface area (Å²) in [5.74, 6) is 0.591. The molecule has 1 aliphatic carbocycles. The Balaban J connectivity index is 1.82. The number of amides is 1. The first kappa shape index (κ1) is 15.9. The lowest BCUT2D eigenvalue weighted by Gasteiger charge is -2.13. The normalized spacial score (nSPS) is 14.4. The van der Waals surface area contributed by atoms with Gasteiger partial charge in [0.05, 0.1) is 25.7 Å². The largest absolute Gasteiger partial charge is 0.496 e. The second-order valence-electron chi connectivity index (χ2n) is 5.76. The minimum atomic E-state index is -0.325. The van der Waals surface area contributed by atoms with Crippen LogP contribution in [-0.2, 0) is 5.41 Å². The van der Waals surface area contributed by atoms with Crippen molar-refractivity contribution >= 4 is 11.6 Å². The van der Waals surface area contributed by atoms with Crippen LogP contribution in [0.2, 0.25) is 0 Å². The summed E-state index contributed by atoms with van der Waals surface area (Å²) < 4.78 is 10.5. The number of carbonyl (C=O) groups excluding carboxylic acids is 1. The van der Waals surface area contributed by atoms with Crippen LogP contribution in [-0.4, -0.2) is 20.1 Å². The second-order valence-corrected chi connectivity index (χ2v) is 5.76. The molecular weight excluding hydrogens is 304 g/mol. The molecule has 1 amide bonds. The van der Waals surface area contributed by atoms with Gasteiger partial charge < -0.3 is 14.8 Å². The molecule has 1 aliphatic rings. The molecule has 5 heteroatoms. The summed E-state index contributed by atoms with van der Waals surface area (Å²) in [4.78, 5) is 12.6. The molecule has 0 unspecified atom stereocenters. The maximum Gasteiger partial charge on any atom is 0.263 e. The predicted octanol–water partition coefficient (Wildman–Crippen LogP) is 3.51. The first-order valence-corrected chi connectivity index (χ1v) is 7.67. The zero-order valence-electron chi connectivity index (χ0n) is 13.6. The van der Waals surface area contributed by atoms with Crippen LogP contribution in [0.1, 0.15) is 28.8 Å². The van der Waals surface area contributed by atoms with Crippen molar-refractivity contribution in [1.29, 1.82) is 5.26 Å². The Hall–Kier alpha value is -3.00. The molecule has 1 N–H and O–H groups in total. The molecular formula is C19H18N2O3. The predicted molar refractivity (Wildman–Crippen MR) is 90.5 cm³/mol. The van der Waals surface area contributed by atoms with Gasteiger partial charge in [-0.05, 0) is 42.7 Å². The summed E-state index contributed by atoms with van der Waals surface area (Å²) in [5, 5.41) is 12.1. The van der Waals surface area contributed by atoms with Gasteiger partial charge in [0.2, 0.25) is 0 Å². The fourth-order valence-corrected chi connectivity index (χ4v) is 2.73. The van der Waals surface area contributed by atoms with Crippen molar-refractivity contribution in [2.24, 2.45) is 0 Å². The average molecular weight is 322 g/mol. The molecule has 24 heavy (non-hydrogen) atoms. The van der Waals surface area contributed by atoms with E-state index in [0.29, 0.717) is 22.7 Å². The van der Waals surface area contributed by atoms with Gasteiger partial charge in [-0.3, -0.25) is 4.79 Å². The van der Waals surface area contributed by atoms with Crippen LogP contribution in [0.4, 0.5) is 5.69 Å². The Bertz CT molecular complexity index is 780. The minimum Gasteiger partial charge on any atom is -0.496 e. The number of rotatable bonds is 5. The topological polar surface area (TPSA) is 71.3 Å². The van der Waals surface area contributed by atoms with Crippen LogP contribution in [0.15, 0.2) is 42.5 Å². The van der Waals surface area contributed by atoms with Crippen molar-refractivity contribution in [3.8, 4) is 17.6 Å². The van der Waals surface area contributed by atoms with Crippen molar-refractivity contribution in [3.05, 3.63) is 53.6 Å². The van der Waals surface area contributed by atoms with Gasteiger partial charge in [-0.15, -0.1) is 0 Å². The van der Waals surface area contributed by atoms with Crippen LogP contribution in [0, 0.1) is 11.3 Å². The molecule has 2 aromatic carbocycles. The maximum absolute atomic E-state index is 12.6. The molecule has 3 rings (SSSR count). The van der Waals surface area contributed by atoms with E-state index in [0.717, 1.165) is 18.4 Å². The summed E-state index contributed by atoms with van der Waals surface area (Å²) in [7, 11) is 3.02. The number of ether oxygens (including phenoxy) is 2. The summed E-state index contributed by atoms with van der Waals surface area (Å²) >= 11 is 0. The van der Waals surface area contributed by atoms with E-state index in [1.807, 2.05) is 24.3 Å². The fourth-order valence-electron chi connectivity index (χ4n) is 2.73. The third-order valence-corrected chi connectivity index (χ3v) is 4.31. The number of nitrogens with zero attached hydrogens (tertiary/aromatic N) is 1. The van der Waals surface area contributed by atoms with Crippen LogP contribution in [0.5, 0.6) is 11.5 Å². The van der Waals surface area contributed by atoms with Gasteiger partial charge in [-0.25, -0.2) is 0 Å². The average Bonchev–Trinajstić information content (AvgIpc) is 3.42. The van der Waals surface area contributed by atoms with Crippen LogP contribution in [0.3, 0.4) is 0 Å². The van der Waals surface area contributed by atoms with Crippen molar-refractivity contribution in [2.75, 3.05) is 19.5 Å². The number of anilines is 1. The van der Waals surface area contributed by atoms with E-state index in [4.69, 9.17) is 9.47 Å². The molecule has 0 aromatic heterocycles. The smallest absolute Gasteiger partial charge is 0.263 e. The lowest BCUT2D eigenvalue weighted by molar-refractivity contribution is 0.102. The molecule has 0 radical (unpaired) electrons. The highest BCUT2D eigenvalue weighted by molar-refractivity contribution is 6.08. The molecule has 5 nitrogen and oxygen atoms in total. The molecule has 0 bridgehead atoms. The van der Waals surface area contributed by atoms with Crippen molar-refractivity contribution in [1.82, 2.24) is 0 Å². The van der Waals surface area contributed by atoms with Crippen molar-refractivity contribution < 1.29 is 14.3 Å². The first-order chi connectivity index (χ1) is 11.6. The summed E-state index contributed by atoms with van der Waals surface area (Å²) in [6.07, 6.45) is 1.79. The fraction of sp³-hybridized carbons (Fsp3) is 0.263. The van der Waals surface area contributed by atoms with E-state index in [-0.39, 0.29) is 11.3 Å². The zero-order chi connectivity index (χ0) is 17.2. The highest BCUT2D eigenvalue weighted by Gasteiger charge is 2.44. The number of hydrogen-bond donors (Lipinski definition) is 1. The number of nitriles is 1. The standard InChI is InChI=1S/C19H18N2O3/c1-23-15-4-3-5-16(24-2)17(15)18(22)21-14-8-6-13(7-9-14)19(12-20)10-11-19/h3-9H,10-11H2,1-2H3,(H,21,22).